The summed E-state index contributed by atoms with van der Waals surface area (Å²) in [5.74, 6) is -1.02. The average Bonchev–Trinajstić information content (AvgIpc) is 3.26. The van der Waals surface area contributed by atoms with Crippen LogP contribution in [0.1, 0.15) is 38.0 Å². The standard InChI is InChI=1S/C21H20FN5O2/c22-13-2-4-15-17(10-13)25-26-18(15)11-19(27-7-5-23-6-8-27)12-1-3-14-16(9-12)21(29)24-20(14)28/h1-4,9-10,19,23H,5-8,11H2,(H,25,26)(H,24,28,29). The van der Waals surface area contributed by atoms with Gasteiger partial charge in [-0.1, -0.05) is 6.07 Å². The number of fused-ring (bicyclic) bond motifs is 2. The number of nitrogens with one attached hydrogen (secondary N) is 3. The molecule has 1 saturated heterocycles. The maximum Gasteiger partial charge on any atom is 0.258 e. The number of imide groups is 1. The Morgan fingerprint density at radius 2 is 1.83 bits per heavy atom. The maximum atomic E-state index is 13.5. The van der Waals surface area contributed by atoms with Crippen LogP contribution in [0.5, 0.6) is 0 Å². The maximum absolute atomic E-state index is 13.5. The highest BCUT2D eigenvalue weighted by atomic mass is 19.1. The van der Waals surface area contributed by atoms with Crippen LogP contribution in [0.2, 0.25) is 0 Å². The van der Waals surface area contributed by atoms with Crippen molar-refractivity contribution < 1.29 is 14.0 Å². The van der Waals surface area contributed by atoms with Gasteiger partial charge in [0.2, 0.25) is 0 Å². The number of piperazine rings is 1. The molecule has 2 aliphatic heterocycles. The van der Waals surface area contributed by atoms with E-state index in [4.69, 9.17) is 0 Å². The van der Waals surface area contributed by atoms with Crippen molar-refractivity contribution in [1.29, 1.82) is 0 Å². The fourth-order valence-corrected chi connectivity index (χ4v) is 4.23. The van der Waals surface area contributed by atoms with Gasteiger partial charge in [-0.15, -0.1) is 0 Å². The summed E-state index contributed by atoms with van der Waals surface area (Å²) in [6.07, 6.45) is 0.635. The van der Waals surface area contributed by atoms with E-state index in [-0.39, 0.29) is 23.7 Å². The van der Waals surface area contributed by atoms with Gasteiger partial charge in [-0.25, -0.2) is 4.39 Å². The Morgan fingerprint density at radius 1 is 1.03 bits per heavy atom. The number of carbonyl (C=O) groups is 2. The smallest absolute Gasteiger partial charge is 0.258 e. The van der Waals surface area contributed by atoms with E-state index < -0.39 is 0 Å². The van der Waals surface area contributed by atoms with Crippen LogP contribution in [0.4, 0.5) is 4.39 Å². The number of rotatable bonds is 4. The highest BCUT2D eigenvalue weighted by Crippen LogP contribution is 2.30. The average molecular weight is 393 g/mol. The Kier molecular flexibility index (Phi) is 4.37. The molecule has 29 heavy (non-hydrogen) atoms. The second kappa shape index (κ2) is 7.06. The monoisotopic (exact) mass is 393 g/mol. The second-order valence-electron chi connectivity index (χ2n) is 7.46. The van der Waals surface area contributed by atoms with Crippen LogP contribution < -0.4 is 10.6 Å². The molecule has 0 radical (unpaired) electrons. The summed E-state index contributed by atoms with van der Waals surface area (Å²) in [7, 11) is 0. The highest BCUT2D eigenvalue weighted by Gasteiger charge is 2.30. The largest absolute Gasteiger partial charge is 0.314 e. The van der Waals surface area contributed by atoms with Gasteiger partial charge in [0.05, 0.1) is 16.6 Å². The van der Waals surface area contributed by atoms with Crippen LogP contribution in [-0.4, -0.2) is 53.1 Å². The molecule has 148 valence electrons. The third-order valence-corrected chi connectivity index (χ3v) is 5.73. The molecular weight excluding hydrogens is 373 g/mol. The van der Waals surface area contributed by atoms with E-state index in [0.717, 1.165) is 42.8 Å². The first kappa shape index (κ1) is 18.0. The van der Waals surface area contributed by atoms with Crippen molar-refractivity contribution in [3.8, 4) is 0 Å². The van der Waals surface area contributed by atoms with Crippen LogP contribution in [0.25, 0.3) is 10.9 Å². The first-order valence-electron chi connectivity index (χ1n) is 9.67. The molecular formula is C21H20FN5O2. The Labute approximate surface area is 166 Å². The van der Waals surface area contributed by atoms with Gasteiger partial charge in [-0.2, -0.15) is 5.10 Å². The van der Waals surface area contributed by atoms with Crippen LogP contribution in [-0.2, 0) is 6.42 Å². The lowest BCUT2D eigenvalue weighted by Crippen LogP contribution is -2.45. The summed E-state index contributed by atoms with van der Waals surface area (Å²) in [5.41, 5.74) is 3.33. The molecule has 1 fully saturated rings. The van der Waals surface area contributed by atoms with Gasteiger partial charge in [0.25, 0.3) is 11.8 Å². The molecule has 5 rings (SSSR count). The number of halogens is 1. The van der Waals surface area contributed by atoms with Crippen molar-refractivity contribution in [1.82, 2.24) is 25.7 Å². The lowest BCUT2D eigenvalue weighted by atomic mass is 9.95. The summed E-state index contributed by atoms with van der Waals surface area (Å²) in [6, 6.07) is 10.1. The van der Waals surface area contributed by atoms with Crippen molar-refractivity contribution in [3.63, 3.8) is 0 Å². The number of amides is 2. The van der Waals surface area contributed by atoms with Crippen LogP contribution in [0.3, 0.4) is 0 Å². The minimum absolute atomic E-state index is 0.000366. The predicted octanol–water partition coefficient (Wildman–Crippen LogP) is 1.77. The van der Waals surface area contributed by atoms with Crippen molar-refractivity contribution in [3.05, 3.63) is 64.6 Å². The van der Waals surface area contributed by atoms with Crippen LogP contribution in [0, 0.1) is 5.82 Å². The summed E-state index contributed by atoms with van der Waals surface area (Å²) < 4.78 is 13.5. The topological polar surface area (TPSA) is 90.1 Å². The first-order chi connectivity index (χ1) is 14.1. The van der Waals surface area contributed by atoms with E-state index >= 15 is 0 Å². The Hall–Kier alpha value is -3.10. The van der Waals surface area contributed by atoms with Gasteiger partial charge in [0.15, 0.2) is 0 Å². The quantitative estimate of drug-likeness (QED) is 0.588. The molecule has 3 N–H and O–H groups in total. The number of hydrogen-bond acceptors (Lipinski definition) is 5. The number of aromatic amines is 1. The van der Waals surface area contributed by atoms with Crippen molar-refractivity contribution in [2.75, 3.05) is 26.2 Å². The molecule has 1 atom stereocenters. The third kappa shape index (κ3) is 3.20. The van der Waals surface area contributed by atoms with Gasteiger partial charge in [0.1, 0.15) is 5.82 Å². The van der Waals surface area contributed by atoms with Gasteiger partial charge in [-0.05, 0) is 29.8 Å². The molecule has 0 saturated carbocycles. The second-order valence-corrected chi connectivity index (χ2v) is 7.46. The van der Waals surface area contributed by atoms with Crippen molar-refractivity contribution in [2.45, 2.75) is 12.5 Å². The first-order valence-corrected chi connectivity index (χ1v) is 9.67. The molecule has 2 aromatic carbocycles. The minimum Gasteiger partial charge on any atom is -0.314 e. The summed E-state index contributed by atoms with van der Waals surface area (Å²) >= 11 is 0. The molecule has 7 nitrogen and oxygen atoms in total. The number of carbonyl (C=O) groups excluding carboxylic acids is 2. The van der Waals surface area contributed by atoms with Gasteiger partial charge in [0, 0.05) is 55.8 Å². The number of nitrogens with zero attached hydrogens (tertiary/aromatic N) is 2. The minimum atomic E-state index is -0.353. The van der Waals surface area contributed by atoms with Crippen molar-refractivity contribution >= 4 is 22.7 Å². The number of hydrogen-bond donors (Lipinski definition) is 3. The lowest BCUT2D eigenvalue weighted by molar-refractivity contribution is 0.0879. The van der Waals surface area contributed by atoms with E-state index in [1.807, 2.05) is 12.1 Å². The highest BCUT2D eigenvalue weighted by molar-refractivity contribution is 6.21. The molecule has 0 spiro atoms. The summed E-state index contributed by atoms with van der Waals surface area (Å²) in [6.45, 7) is 3.51. The fraction of sp³-hybridized carbons (Fsp3) is 0.286. The van der Waals surface area contributed by atoms with E-state index in [9.17, 15) is 14.0 Å². The molecule has 0 aliphatic carbocycles. The molecule has 3 aromatic rings. The molecule has 2 aliphatic rings. The zero-order chi connectivity index (χ0) is 20.0. The fourth-order valence-electron chi connectivity index (χ4n) is 4.23. The van der Waals surface area contributed by atoms with E-state index in [2.05, 4.69) is 25.7 Å². The van der Waals surface area contributed by atoms with Crippen LogP contribution >= 0.6 is 0 Å². The number of H-pyrrole nitrogens is 1. The zero-order valence-corrected chi connectivity index (χ0v) is 15.7. The number of benzene rings is 2. The lowest BCUT2D eigenvalue weighted by Gasteiger charge is -2.35. The molecule has 1 unspecified atom stereocenters. The zero-order valence-electron chi connectivity index (χ0n) is 15.7. The number of aromatic nitrogens is 2. The Bertz CT molecular complexity index is 1120. The molecule has 1 aromatic heterocycles. The van der Waals surface area contributed by atoms with Crippen LogP contribution in [0.15, 0.2) is 36.4 Å². The van der Waals surface area contributed by atoms with E-state index in [1.165, 1.54) is 12.1 Å². The van der Waals surface area contributed by atoms with E-state index in [1.54, 1.807) is 12.1 Å². The molecule has 2 amide bonds. The predicted molar refractivity (Wildman–Crippen MR) is 105 cm³/mol. The van der Waals surface area contributed by atoms with Crippen molar-refractivity contribution in [2.24, 2.45) is 0 Å². The Morgan fingerprint density at radius 3 is 2.66 bits per heavy atom. The summed E-state index contributed by atoms with van der Waals surface area (Å²) in [5, 5.41) is 13.9. The third-order valence-electron chi connectivity index (χ3n) is 5.73. The molecule has 8 heteroatoms. The van der Waals surface area contributed by atoms with Gasteiger partial charge >= 0.3 is 0 Å². The van der Waals surface area contributed by atoms with Gasteiger partial charge in [-0.3, -0.25) is 24.9 Å². The molecule has 3 heterocycles. The van der Waals surface area contributed by atoms with E-state index in [0.29, 0.717) is 23.1 Å². The molecule has 0 bridgehead atoms. The normalized spacial score (nSPS) is 18.1. The Balaban J connectivity index is 1.54. The van der Waals surface area contributed by atoms with Gasteiger partial charge < -0.3 is 5.32 Å². The SMILES string of the molecule is O=C1NC(=O)c2cc(C(Cc3[nH]nc4cc(F)ccc34)N3CCNCC3)ccc21. The summed E-state index contributed by atoms with van der Waals surface area (Å²) in [4.78, 5) is 26.4.